The number of rotatable bonds is 3. The fraction of sp³-hybridized carbons (Fsp3) is 0.833. The van der Waals surface area contributed by atoms with Gasteiger partial charge in [-0.2, -0.15) is 8.78 Å². The minimum absolute atomic E-state index is 0.362. The van der Waals surface area contributed by atoms with Crippen molar-refractivity contribution in [2.45, 2.75) is 56.5 Å². The molecule has 1 N–H and O–H groups in total. The fourth-order valence-electron chi connectivity index (χ4n) is 2.81. The second kappa shape index (κ2) is 4.89. The Morgan fingerprint density at radius 3 is 2.40 bits per heavy atom. The van der Waals surface area contributed by atoms with Crippen molar-refractivity contribution in [2.24, 2.45) is 0 Å². The molecule has 1 saturated carbocycles. The maximum absolute atomic E-state index is 13.2. The van der Waals surface area contributed by atoms with E-state index in [-0.39, 0.29) is 0 Å². The first-order chi connectivity index (χ1) is 9.19. The summed E-state index contributed by atoms with van der Waals surface area (Å²) in [5, 5.41) is 2.57. The van der Waals surface area contributed by atoms with Gasteiger partial charge in [-0.3, -0.25) is 9.59 Å². The lowest BCUT2D eigenvalue weighted by molar-refractivity contribution is -0.173. The third kappa shape index (κ3) is 2.35. The molecule has 0 aromatic heterocycles. The number of amides is 2. The van der Waals surface area contributed by atoms with Crippen LogP contribution in [0.4, 0.5) is 17.6 Å². The van der Waals surface area contributed by atoms with Crippen molar-refractivity contribution in [3.05, 3.63) is 0 Å². The molecule has 1 saturated heterocycles. The SMILES string of the molecule is CC1C(=O)NC2(CCCC2)C(=O)N1CC(F)(F)C(F)F. The average Bonchev–Trinajstić information content (AvgIpc) is 2.82. The lowest BCUT2D eigenvalue weighted by Crippen LogP contribution is -2.70. The largest absolute Gasteiger partial charge is 0.340 e. The lowest BCUT2D eigenvalue weighted by Gasteiger charge is -2.44. The van der Waals surface area contributed by atoms with Crippen molar-refractivity contribution < 1.29 is 27.2 Å². The lowest BCUT2D eigenvalue weighted by atomic mass is 9.91. The molecular formula is C12H16F4N2O2. The molecule has 1 aliphatic heterocycles. The van der Waals surface area contributed by atoms with Gasteiger partial charge in [-0.15, -0.1) is 0 Å². The highest BCUT2D eigenvalue weighted by Crippen LogP contribution is 2.36. The molecule has 1 atom stereocenters. The van der Waals surface area contributed by atoms with Gasteiger partial charge in [-0.1, -0.05) is 12.8 Å². The first kappa shape index (κ1) is 15.1. The third-order valence-corrected chi connectivity index (χ3v) is 4.04. The molecule has 1 unspecified atom stereocenters. The van der Waals surface area contributed by atoms with Crippen LogP contribution < -0.4 is 5.32 Å². The summed E-state index contributed by atoms with van der Waals surface area (Å²) in [4.78, 5) is 24.8. The third-order valence-electron chi connectivity index (χ3n) is 4.04. The van der Waals surface area contributed by atoms with E-state index in [9.17, 15) is 27.2 Å². The quantitative estimate of drug-likeness (QED) is 0.803. The predicted molar refractivity (Wildman–Crippen MR) is 61.5 cm³/mol. The van der Waals surface area contributed by atoms with Crippen LogP contribution in [0.1, 0.15) is 32.6 Å². The summed E-state index contributed by atoms with van der Waals surface area (Å²) in [7, 11) is 0. The van der Waals surface area contributed by atoms with Gasteiger partial charge >= 0.3 is 12.3 Å². The number of carbonyl (C=O) groups is 2. The van der Waals surface area contributed by atoms with Crippen molar-refractivity contribution >= 4 is 11.8 Å². The van der Waals surface area contributed by atoms with Crippen LogP contribution >= 0.6 is 0 Å². The highest BCUT2D eigenvalue weighted by atomic mass is 19.3. The predicted octanol–water partition coefficient (Wildman–Crippen LogP) is 1.55. The smallest absolute Gasteiger partial charge is 0.324 e. The second-order valence-electron chi connectivity index (χ2n) is 5.45. The molecule has 0 aromatic rings. The Morgan fingerprint density at radius 1 is 1.35 bits per heavy atom. The van der Waals surface area contributed by atoms with E-state index in [1.807, 2.05) is 0 Å². The van der Waals surface area contributed by atoms with Gasteiger partial charge < -0.3 is 10.2 Å². The van der Waals surface area contributed by atoms with Gasteiger partial charge in [-0.25, -0.2) is 8.78 Å². The summed E-state index contributed by atoms with van der Waals surface area (Å²) in [6.45, 7) is -0.170. The van der Waals surface area contributed by atoms with Gasteiger partial charge in [0.05, 0.1) is 6.54 Å². The molecule has 2 rings (SSSR count). The minimum Gasteiger partial charge on any atom is -0.340 e. The van der Waals surface area contributed by atoms with E-state index in [2.05, 4.69) is 5.32 Å². The van der Waals surface area contributed by atoms with Gasteiger partial charge in [0.1, 0.15) is 11.6 Å². The Balaban J connectivity index is 2.25. The van der Waals surface area contributed by atoms with Crippen molar-refractivity contribution in [3.63, 3.8) is 0 Å². The van der Waals surface area contributed by atoms with Crippen molar-refractivity contribution in [2.75, 3.05) is 6.54 Å². The second-order valence-corrected chi connectivity index (χ2v) is 5.45. The van der Waals surface area contributed by atoms with Crippen LogP contribution in [0.5, 0.6) is 0 Å². The Morgan fingerprint density at radius 2 is 1.90 bits per heavy atom. The Labute approximate surface area is 113 Å². The van der Waals surface area contributed by atoms with Gasteiger partial charge in [0.25, 0.3) is 0 Å². The zero-order chi connectivity index (χ0) is 15.1. The number of piperazine rings is 1. The monoisotopic (exact) mass is 296 g/mol. The molecule has 0 bridgehead atoms. The molecule has 4 nitrogen and oxygen atoms in total. The maximum atomic E-state index is 13.2. The number of hydrogen-bond acceptors (Lipinski definition) is 2. The zero-order valence-electron chi connectivity index (χ0n) is 11.0. The molecule has 1 aliphatic carbocycles. The molecule has 0 radical (unpaired) electrons. The fourth-order valence-corrected chi connectivity index (χ4v) is 2.81. The van der Waals surface area contributed by atoms with E-state index in [1.54, 1.807) is 0 Å². The van der Waals surface area contributed by atoms with Gasteiger partial charge in [0.2, 0.25) is 11.8 Å². The normalized spacial score (nSPS) is 26.5. The number of halogens is 4. The summed E-state index contributed by atoms with van der Waals surface area (Å²) in [5.74, 6) is -5.57. The summed E-state index contributed by atoms with van der Waals surface area (Å²) in [6, 6.07) is -1.17. The molecule has 0 aromatic carbocycles. The van der Waals surface area contributed by atoms with Crippen LogP contribution in [-0.4, -0.2) is 47.2 Å². The van der Waals surface area contributed by atoms with E-state index < -0.39 is 42.3 Å². The van der Waals surface area contributed by atoms with E-state index in [0.717, 1.165) is 0 Å². The van der Waals surface area contributed by atoms with Gasteiger partial charge in [-0.05, 0) is 19.8 Å². The summed E-state index contributed by atoms with van der Waals surface area (Å²) < 4.78 is 51.0. The molecule has 1 spiro atoms. The number of alkyl halides is 4. The Kier molecular flexibility index (Phi) is 3.68. The number of carbonyl (C=O) groups excluding carboxylic acids is 2. The number of hydrogen-bond donors (Lipinski definition) is 1. The highest BCUT2D eigenvalue weighted by Gasteiger charge is 2.54. The molecule has 20 heavy (non-hydrogen) atoms. The van der Waals surface area contributed by atoms with Crippen molar-refractivity contribution in [3.8, 4) is 0 Å². The van der Waals surface area contributed by atoms with Gasteiger partial charge in [0.15, 0.2) is 0 Å². The molecule has 2 aliphatic rings. The van der Waals surface area contributed by atoms with Crippen molar-refractivity contribution in [1.82, 2.24) is 10.2 Å². The molecule has 8 heteroatoms. The summed E-state index contributed by atoms with van der Waals surface area (Å²) in [6.07, 6.45) is -1.76. The molecule has 2 fully saturated rings. The van der Waals surface area contributed by atoms with E-state index in [0.29, 0.717) is 30.6 Å². The van der Waals surface area contributed by atoms with Crippen LogP contribution in [-0.2, 0) is 9.59 Å². The zero-order valence-corrected chi connectivity index (χ0v) is 11.0. The van der Waals surface area contributed by atoms with E-state index in [1.165, 1.54) is 6.92 Å². The molecule has 114 valence electrons. The maximum Gasteiger partial charge on any atom is 0.324 e. The first-order valence-corrected chi connectivity index (χ1v) is 6.49. The van der Waals surface area contributed by atoms with Crippen LogP contribution in [0.3, 0.4) is 0 Å². The Hall–Kier alpha value is -1.34. The van der Waals surface area contributed by atoms with E-state index in [4.69, 9.17) is 0 Å². The van der Waals surface area contributed by atoms with Crippen LogP contribution in [0.2, 0.25) is 0 Å². The summed E-state index contributed by atoms with van der Waals surface area (Å²) >= 11 is 0. The van der Waals surface area contributed by atoms with Crippen LogP contribution in [0.15, 0.2) is 0 Å². The first-order valence-electron chi connectivity index (χ1n) is 6.49. The number of nitrogens with zero attached hydrogens (tertiary/aromatic N) is 1. The topological polar surface area (TPSA) is 49.4 Å². The highest BCUT2D eigenvalue weighted by molar-refractivity contribution is 5.99. The minimum atomic E-state index is -4.32. The molecular weight excluding hydrogens is 280 g/mol. The van der Waals surface area contributed by atoms with Crippen LogP contribution in [0.25, 0.3) is 0 Å². The van der Waals surface area contributed by atoms with E-state index >= 15 is 0 Å². The standard InChI is InChI=1S/C12H16F4N2O2/c1-7-8(19)17-11(4-2-3-5-11)10(20)18(7)6-12(15,16)9(13)14/h7,9H,2-6H2,1H3,(H,17,19). The molecule has 2 amide bonds. The van der Waals surface area contributed by atoms with Crippen molar-refractivity contribution in [1.29, 1.82) is 0 Å². The van der Waals surface area contributed by atoms with Crippen LogP contribution in [0, 0.1) is 0 Å². The number of nitrogens with one attached hydrogen (secondary N) is 1. The molecule has 1 heterocycles. The average molecular weight is 296 g/mol. The summed E-state index contributed by atoms with van der Waals surface area (Å²) in [5.41, 5.74) is -1.18. The van der Waals surface area contributed by atoms with Gasteiger partial charge in [0, 0.05) is 0 Å². The Bertz CT molecular complexity index is 422.